The molecule has 1 aliphatic heterocycles. The summed E-state index contributed by atoms with van der Waals surface area (Å²) < 4.78 is 1.77. The molecule has 0 radical (unpaired) electrons. The second kappa shape index (κ2) is 5.43. The Morgan fingerprint density at radius 3 is 2.64 bits per heavy atom. The summed E-state index contributed by atoms with van der Waals surface area (Å²) >= 11 is 0. The summed E-state index contributed by atoms with van der Waals surface area (Å²) in [6.45, 7) is 1.75. The number of para-hydroxylation sites is 2. The molecule has 3 aromatic rings. The molecule has 25 heavy (non-hydrogen) atoms. The third-order valence-corrected chi connectivity index (χ3v) is 3.93. The Kier molecular flexibility index (Phi) is 3.34. The second-order valence-corrected chi connectivity index (χ2v) is 5.86. The maximum atomic E-state index is 6.54. The molecule has 0 aliphatic carbocycles. The van der Waals surface area contributed by atoms with Gasteiger partial charge >= 0.3 is 0 Å². The van der Waals surface area contributed by atoms with E-state index >= 15 is 0 Å². The zero-order valence-corrected chi connectivity index (χ0v) is 13.5. The van der Waals surface area contributed by atoms with Crippen LogP contribution < -0.4 is 17.2 Å². The number of aromatic nitrogens is 5. The fraction of sp³-hybridized carbons (Fsp3) is 0.188. The molecule has 126 valence electrons. The van der Waals surface area contributed by atoms with Gasteiger partial charge in [0.2, 0.25) is 11.9 Å². The summed E-state index contributed by atoms with van der Waals surface area (Å²) in [5.41, 5.74) is 18.7. The van der Waals surface area contributed by atoms with Crippen molar-refractivity contribution in [1.29, 1.82) is 0 Å². The molecule has 0 saturated carbocycles. The van der Waals surface area contributed by atoms with Gasteiger partial charge in [0.1, 0.15) is 23.4 Å². The Hall–Kier alpha value is -3.17. The van der Waals surface area contributed by atoms with Gasteiger partial charge in [-0.05, 0) is 25.1 Å². The lowest BCUT2D eigenvalue weighted by Crippen LogP contribution is -2.42. The Morgan fingerprint density at radius 1 is 1.12 bits per heavy atom. The first kappa shape index (κ1) is 15.4. The molecular formula is C16H17N9. The maximum Gasteiger partial charge on any atom is 0.240 e. The number of anilines is 1. The van der Waals surface area contributed by atoms with E-state index in [-0.39, 0.29) is 5.95 Å². The van der Waals surface area contributed by atoms with E-state index in [2.05, 4.69) is 24.9 Å². The van der Waals surface area contributed by atoms with E-state index < -0.39 is 11.7 Å². The fourth-order valence-electron chi connectivity index (χ4n) is 2.80. The number of nitrogen functional groups attached to an aromatic ring is 1. The first-order chi connectivity index (χ1) is 12.0. The van der Waals surface area contributed by atoms with E-state index in [1.165, 1.54) is 0 Å². The molecule has 0 spiro atoms. The summed E-state index contributed by atoms with van der Waals surface area (Å²) in [7, 11) is 0. The van der Waals surface area contributed by atoms with Crippen LogP contribution >= 0.6 is 0 Å². The number of nitrogens with two attached hydrogens (primary N) is 3. The third kappa shape index (κ3) is 2.55. The highest BCUT2D eigenvalue weighted by molar-refractivity contribution is 5.82. The molecular weight excluding hydrogens is 318 g/mol. The summed E-state index contributed by atoms with van der Waals surface area (Å²) in [6, 6.07) is 7.62. The number of fused-ring (bicyclic) bond motifs is 1. The topological polar surface area (TPSA) is 147 Å². The number of aryl methyl sites for hydroxylation is 1. The van der Waals surface area contributed by atoms with Gasteiger partial charge in [-0.1, -0.05) is 18.2 Å². The molecule has 1 aliphatic rings. The van der Waals surface area contributed by atoms with Gasteiger partial charge in [-0.15, -0.1) is 0 Å². The van der Waals surface area contributed by atoms with E-state index in [1.807, 2.05) is 24.3 Å². The van der Waals surface area contributed by atoms with Crippen LogP contribution in [0.25, 0.3) is 17.0 Å². The minimum absolute atomic E-state index is 0.132. The number of imidazole rings is 1. The summed E-state index contributed by atoms with van der Waals surface area (Å²) in [6.07, 6.45) is 4.69. The smallest absolute Gasteiger partial charge is 0.240 e. The predicted molar refractivity (Wildman–Crippen MR) is 95.1 cm³/mol. The van der Waals surface area contributed by atoms with E-state index in [9.17, 15) is 0 Å². The van der Waals surface area contributed by atoms with Gasteiger partial charge < -0.3 is 17.2 Å². The normalized spacial score (nSPS) is 22.6. The summed E-state index contributed by atoms with van der Waals surface area (Å²) in [5.74, 6) is 1.51. The molecule has 9 nitrogen and oxygen atoms in total. The van der Waals surface area contributed by atoms with Gasteiger partial charge in [0.15, 0.2) is 0 Å². The molecule has 4 rings (SSSR count). The third-order valence-electron chi connectivity index (χ3n) is 3.93. The van der Waals surface area contributed by atoms with Crippen molar-refractivity contribution in [3.05, 3.63) is 48.1 Å². The van der Waals surface area contributed by atoms with Crippen LogP contribution in [0.5, 0.6) is 0 Å². The molecule has 2 atom stereocenters. The molecule has 0 bridgehead atoms. The molecule has 3 heterocycles. The predicted octanol–water partition coefficient (Wildman–Crippen LogP) is 0.181. The zero-order valence-electron chi connectivity index (χ0n) is 13.5. The molecule has 0 fully saturated rings. The van der Waals surface area contributed by atoms with Crippen LogP contribution in [0.4, 0.5) is 5.95 Å². The number of dihydropyridines is 1. The van der Waals surface area contributed by atoms with Gasteiger partial charge in [0.05, 0.1) is 11.0 Å². The van der Waals surface area contributed by atoms with Crippen LogP contribution in [0.3, 0.4) is 0 Å². The number of rotatable bonds is 2. The first-order valence-electron chi connectivity index (χ1n) is 7.71. The van der Waals surface area contributed by atoms with Crippen molar-refractivity contribution in [1.82, 2.24) is 24.5 Å². The number of nitrogens with zero attached hydrogens (tertiary/aromatic N) is 6. The van der Waals surface area contributed by atoms with Gasteiger partial charge in [0, 0.05) is 6.21 Å². The van der Waals surface area contributed by atoms with Gasteiger partial charge in [-0.25, -0.2) is 4.98 Å². The van der Waals surface area contributed by atoms with Crippen LogP contribution in [0.1, 0.15) is 11.6 Å². The highest BCUT2D eigenvalue weighted by atomic mass is 15.3. The molecule has 2 unspecified atom stereocenters. The average molecular weight is 335 g/mol. The zero-order chi connectivity index (χ0) is 17.6. The molecule has 0 amide bonds. The standard InChI is InChI=1S/C16H17N9/c1-9-21-14(18)24-15(22-9)25-11-5-3-2-4-10(11)23-13(25)16(19)7-6-12(17)20-8-16/h2-8,12H,17,19H2,1H3,(H2,18,21,22,24). The van der Waals surface area contributed by atoms with Gasteiger partial charge in [-0.3, -0.25) is 9.56 Å². The van der Waals surface area contributed by atoms with Crippen molar-refractivity contribution in [3.63, 3.8) is 0 Å². The van der Waals surface area contributed by atoms with Gasteiger partial charge in [-0.2, -0.15) is 15.0 Å². The van der Waals surface area contributed by atoms with Crippen LogP contribution in [0.15, 0.2) is 41.4 Å². The Morgan fingerprint density at radius 2 is 1.92 bits per heavy atom. The summed E-state index contributed by atoms with van der Waals surface area (Å²) in [4.78, 5) is 21.6. The SMILES string of the molecule is Cc1nc(N)nc(-n2c(C3(N)C=CC(N)N=C3)nc3ccccc32)n1. The van der Waals surface area contributed by atoms with Crippen molar-refractivity contribution < 1.29 is 0 Å². The molecule has 1 aromatic carbocycles. The Balaban J connectivity index is 2.02. The Bertz CT molecular complexity index is 983. The van der Waals surface area contributed by atoms with Crippen molar-refractivity contribution in [3.8, 4) is 5.95 Å². The van der Waals surface area contributed by atoms with Crippen molar-refractivity contribution in [2.45, 2.75) is 18.6 Å². The number of hydrogen-bond acceptors (Lipinski definition) is 8. The highest BCUT2D eigenvalue weighted by Gasteiger charge is 2.32. The molecule has 0 saturated heterocycles. The highest BCUT2D eigenvalue weighted by Crippen LogP contribution is 2.27. The molecule has 9 heteroatoms. The van der Waals surface area contributed by atoms with Crippen molar-refractivity contribution in [2.75, 3.05) is 5.73 Å². The van der Waals surface area contributed by atoms with Crippen LogP contribution in [0.2, 0.25) is 0 Å². The number of hydrogen-bond donors (Lipinski definition) is 3. The lowest BCUT2D eigenvalue weighted by molar-refractivity contribution is 0.654. The lowest BCUT2D eigenvalue weighted by atomic mass is 9.98. The molecule has 6 N–H and O–H groups in total. The van der Waals surface area contributed by atoms with Crippen LogP contribution in [0, 0.1) is 6.92 Å². The minimum atomic E-state index is -1.04. The monoisotopic (exact) mass is 335 g/mol. The van der Waals surface area contributed by atoms with E-state index in [0.717, 1.165) is 11.0 Å². The van der Waals surface area contributed by atoms with Gasteiger partial charge in [0.25, 0.3) is 0 Å². The summed E-state index contributed by atoms with van der Waals surface area (Å²) in [5, 5.41) is 0. The Labute approximate surface area is 143 Å². The largest absolute Gasteiger partial charge is 0.368 e. The molecule has 2 aromatic heterocycles. The van der Waals surface area contributed by atoms with Crippen LogP contribution in [-0.2, 0) is 5.54 Å². The van der Waals surface area contributed by atoms with E-state index in [1.54, 1.807) is 29.9 Å². The van der Waals surface area contributed by atoms with Crippen molar-refractivity contribution >= 4 is 23.2 Å². The minimum Gasteiger partial charge on any atom is -0.368 e. The quantitative estimate of drug-likeness (QED) is 0.566. The fourth-order valence-corrected chi connectivity index (χ4v) is 2.80. The second-order valence-electron chi connectivity index (χ2n) is 5.86. The van der Waals surface area contributed by atoms with Crippen LogP contribution in [-0.4, -0.2) is 36.9 Å². The average Bonchev–Trinajstić information content (AvgIpc) is 2.97. The number of aliphatic imine (C=N–C) groups is 1. The van der Waals surface area contributed by atoms with E-state index in [4.69, 9.17) is 17.2 Å². The maximum absolute atomic E-state index is 6.54. The van der Waals surface area contributed by atoms with Crippen molar-refractivity contribution in [2.24, 2.45) is 16.5 Å². The van der Waals surface area contributed by atoms with E-state index in [0.29, 0.717) is 17.6 Å². The lowest BCUT2D eigenvalue weighted by Gasteiger charge is -2.25. The number of benzene rings is 1. The first-order valence-corrected chi connectivity index (χ1v) is 7.71.